The van der Waals surface area contributed by atoms with E-state index in [-0.39, 0.29) is 4.90 Å². The summed E-state index contributed by atoms with van der Waals surface area (Å²) in [4.78, 5) is 0.141. The summed E-state index contributed by atoms with van der Waals surface area (Å²) in [5, 5.41) is 27.4. The fourth-order valence-corrected chi connectivity index (χ4v) is 1.86. The van der Waals surface area contributed by atoms with E-state index >= 15 is 0 Å². The van der Waals surface area contributed by atoms with Crippen LogP contribution in [0, 0.1) is 0 Å². The average Bonchev–Trinajstić information content (AvgIpc) is 2.26. The molecule has 0 spiro atoms. The highest BCUT2D eigenvalue weighted by Gasteiger charge is 2.17. The minimum Gasteiger partial charge on any atom is -0.394 e. The molecule has 0 saturated carbocycles. The molecule has 90 valence electrons. The van der Waals surface area contributed by atoms with Gasteiger partial charge >= 0.3 is 0 Å². The van der Waals surface area contributed by atoms with Gasteiger partial charge in [-0.15, -0.1) is 0 Å². The third-order valence-corrected chi connectivity index (χ3v) is 3.33. The van der Waals surface area contributed by atoms with Gasteiger partial charge in [-0.05, 0) is 17.7 Å². The van der Waals surface area contributed by atoms with Crippen molar-refractivity contribution in [3.05, 3.63) is 29.8 Å². The Morgan fingerprint density at radius 3 is 2.06 bits per heavy atom. The Bertz CT molecular complexity index is 437. The molecule has 0 radical (unpaired) electrons. The Morgan fingerprint density at radius 2 is 1.69 bits per heavy atom. The van der Waals surface area contributed by atoms with E-state index in [1.807, 2.05) is 0 Å². The van der Waals surface area contributed by atoms with Crippen molar-refractivity contribution in [3.63, 3.8) is 0 Å². The molecular weight excluding hydrogens is 232 g/mol. The van der Waals surface area contributed by atoms with E-state index < -0.39 is 28.7 Å². The topological polar surface area (TPSA) is 94.8 Å². The van der Waals surface area contributed by atoms with Crippen LogP contribution in [0.1, 0.15) is 11.7 Å². The lowest BCUT2D eigenvalue weighted by atomic mass is 10.1. The molecule has 0 bridgehead atoms. The third-order valence-electron chi connectivity index (χ3n) is 2.20. The minimum absolute atomic E-state index is 0.141. The number of benzene rings is 1. The maximum absolute atomic E-state index is 11.2. The van der Waals surface area contributed by atoms with Crippen LogP contribution >= 0.6 is 0 Å². The first kappa shape index (κ1) is 13.1. The lowest BCUT2D eigenvalue weighted by Crippen LogP contribution is -2.22. The third kappa shape index (κ3) is 3.02. The zero-order valence-electron chi connectivity index (χ0n) is 8.74. The number of hydrogen-bond acceptors (Lipinski definition) is 5. The number of aliphatic hydroxyl groups is 3. The van der Waals surface area contributed by atoms with Crippen LogP contribution in [0.5, 0.6) is 0 Å². The summed E-state index contributed by atoms with van der Waals surface area (Å²) in [5.74, 6) is 0. The zero-order chi connectivity index (χ0) is 12.3. The number of sulfone groups is 1. The van der Waals surface area contributed by atoms with Crippen molar-refractivity contribution in [2.24, 2.45) is 0 Å². The minimum atomic E-state index is -3.26. The SMILES string of the molecule is CS(=O)(=O)c1ccc([C@H](O)[C@@H](O)CO)cc1. The van der Waals surface area contributed by atoms with E-state index in [2.05, 4.69) is 0 Å². The standard InChI is InChI=1S/C10H14O5S/c1-16(14,15)8-4-2-7(3-5-8)10(13)9(12)6-11/h2-5,9-13H,6H2,1H3/t9-,10-/m0/s1. The van der Waals surface area contributed by atoms with Gasteiger partial charge in [0.05, 0.1) is 11.5 Å². The second-order valence-electron chi connectivity index (χ2n) is 3.54. The van der Waals surface area contributed by atoms with Crippen LogP contribution in [0.4, 0.5) is 0 Å². The van der Waals surface area contributed by atoms with Gasteiger partial charge in [-0.3, -0.25) is 0 Å². The quantitative estimate of drug-likeness (QED) is 0.664. The van der Waals surface area contributed by atoms with Crippen LogP contribution in [-0.2, 0) is 9.84 Å². The van der Waals surface area contributed by atoms with Gasteiger partial charge in [0.25, 0.3) is 0 Å². The van der Waals surface area contributed by atoms with Crippen LogP contribution < -0.4 is 0 Å². The van der Waals surface area contributed by atoms with Crippen LogP contribution in [-0.4, -0.2) is 42.7 Å². The Hall–Kier alpha value is -0.950. The van der Waals surface area contributed by atoms with Crippen molar-refractivity contribution in [1.29, 1.82) is 0 Å². The fraction of sp³-hybridized carbons (Fsp3) is 0.400. The van der Waals surface area contributed by atoms with Crippen molar-refractivity contribution in [3.8, 4) is 0 Å². The fourth-order valence-electron chi connectivity index (χ4n) is 1.23. The van der Waals surface area contributed by atoms with Crippen LogP contribution in [0.25, 0.3) is 0 Å². The van der Waals surface area contributed by atoms with E-state index in [1.165, 1.54) is 24.3 Å². The Morgan fingerprint density at radius 1 is 1.19 bits per heavy atom. The molecular formula is C10H14O5S. The highest BCUT2D eigenvalue weighted by molar-refractivity contribution is 7.90. The maximum Gasteiger partial charge on any atom is 0.175 e. The number of rotatable bonds is 4. The molecule has 0 amide bonds. The van der Waals surface area contributed by atoms with Gasteiger partial charge in [-0.1, -0.05) is 12.1 Å². The van der Waals surface area contributed by atoms with Crippen molar-refractivity contribution in [1.82, 2.24) is 0 Å². The van der Waals surface area contributed by atoms with Crippen molar-refractivity contribution in [2.45, 2.75) is 17.1 Å². The van der Waals surface area contributed by atoms with Crippen molar-refractivity contribution in [2.75, 3.05) is 12.9 Å². The lowest BCUT2D eigenvalue weighted by Gasteiger charge is -2.15. The van der Waals surface area contributed by atoms with Crippen molar-refractivity contribution < 1.29 is 23.7 Å². The van der Waals surface area contributed by atoms with Gasteiger partial charge in [0, 0.05) is 6.26 Å². The summed E-state index contributed by atoms with van der Waals surface area (Å²) in [6.07, 6.45) is -1.41. The molecule has 1 rings (SSSR count). The summed E-state index contributed by atoms with van der Waals surface area (Å²) in [6.45, 7) is -0.561. The molecule has 0 fully saturated rings. The van der Waals surface area contributed by atoms with Gasteiger partial charge in [0.15, 0.2) is 9.84 Å². The first-order valence-electron chi connectivity index (χ1n) is 4.63. The van der Waals surface area contributed by atoms with Gasteiger partial charge in [0.2, 0.25) is 0 Å². The number of aliphatic hydroxyl groups excluding tert-OH is 3. The predicted octanol–water partition coefficient (Wildman–Crippen LogP) is -0.523. The molecule has 3 N–H and O–H groups in total. The van der Waals surface area contributed by atoms with Gasteiger partial charge < -0.3 is 15.3 Å². The predicted molar refractivity (Wildman–Crippen MR) is 57.6 cm³/mol. The molecule has 0 unspecified atom stereocenters. The summed E-state index contributed by atoms with van der Waals surface area (Å²) in [7, 11) is -3.26. The maximum atomic E-state index is 11.2. The van der Waals surface area contributed by atoms with Crippen LogP contribution in [0.2, 0.25) is 0 Å². The second-order valence-corrected chi connectivity index (χ2v) is 5.55. The highest BCUT2D eigenvalue weighted by atomic mass is 32.2. The van der Waals surface area contributed by atoms with E-state index in [0.29, 0.717) is 5.56 Å². The highest BCUT2D eigenvalue weighted by Crippen LogP contribution is 2.19. The molecule has 1 aromatic carbocycles. The molecule has 0 heterocycles. The van der Waals surface area contributed by atoms with Gasteiger partial charge in [0.1, 0.15) is 12.2 Å². The number of hydrogen-bond donors (Lipinski definition) is 3. The molecule has 6 heteroatoms. The summed E-state index contributed by atoms with van der Waals surface area (Å²) < 4.78 is 22.3. The van der Waals surface area contributed by atoms with E-state index in [4.69, 9.17) is 5.11 Å². The Labute approximate surface area is 93.9 Å². The Balaban J connectivity index is 2.96. The molecule has 5 nitrogen and oxygen atoms in total. The van der Waals surface area contributed by atoms with E-state index in [0.717, 1.165) is 6.26 Å². The summed E-state index contributed by atoms with van der Waals surface area (Å²) >= 11 is 0. The molecule has 0 aliphatic carbocycles. The van der Waals surface area contributed by atoms with Crippen LogP contribution in [0.15, 0.2) is 29.2 Å². The normalized spacial score (nSPS) is 15.8. The first-order chi connectivity index (χ1) is 7.36. The first-order valence-corrected chi connectivity index (χ1v) is 6.52. The second kappa shape index (κ2) is 4.92. The van der Waals surface area contributed by atoms with Crippen LogP contribution in [0.3, 0.4) is 0 Å². The molecule has 2 atom stereocenters. The van der Waals surface area contributed by atoms with Gasteiger partial charge in [-0.2, -0.15) is 0 Å². The largest absolute Gasteiger partial charge is 0.394 e. The monoisotopic (exact) mass is 246 g/mol. The smallest absolute Gasteiger partial charge is 0.175 e. The molecule has 1 aromatic rings. The Kier molecular flexibility index (Phi) is 4.03. The molecule has 0 aliphatic heterocycles. The molecule has 0 aromatic heterocycles. The molecule has 0 saturated heterocycles. The van der Waals surface area contributed by atoms with Gasteiger partial charge in [-0.25, -0.2) is 8.42 Å². The van der Waals surface area contributed by atoms with E-state index in [1.54, 1.807) is 0 Å². The van der Waals surface area contributed by atoms with E-state index in [9.17, 15) is 18.6 Å². The summed E-state index contributed by atoms with van der Waals surface area (Å²) in [5.41, 5.74) is 0.356. The zero-order valence-corrected chi connectivity index (χ0v) is 9.55. The average molecular weight is 246 g/mol. The molecule has 0 aliphatic rings. The molecule has 16 heavy (non-hydrogen) atoms. The van der Waals surface area contributed by atoms with Crippen molar-refractivity contribution >= 4 is 9.84 Å². The summed E-state index contributed by atoms with van der Waals surface area (Å²) in [6, 6.07) is 5.50. The lowest BCUT2D eigenvalue weighted by molar-refractivity contribution is -0.0152.